The molecule has 0 bridgehead atoms. The average Bonchev–Trinajstić information content (AvgIpc) is 3.06. The lowest BCUT2D eigenvalue weighted by molar-refractivity contribution is 0.159. The topological polar surface area (TPSA) is 43.4 Å². The number of hydrogen-bond acceptors (Lipinski definition) is 3. The molecule has 0 saturated heterocycles. The van der Waals surface area contributed by atoms with E-state index in [1.807, 2.05) is 48.6 Å². The Morgan fingerprint density at radius 2 is 1.39 bits per heavy atom. The lowest BCUT2D eigenvalue weighted by atomic mass is 10.1. The maximum Gasteiger partial charge on any atom is 0.163 e. The monoisotopic (exact) mass is 582 g/mol. The molecule has 5 heteroatoms. The van der Waals surface area contributed by atoms with E-state index in [1.54, 1.807) is 0 Å². The third-order valence-corrected chi connectivity index (χ3v) is 16.2. The third-order valence-electron chi connectivity index (χ3n) is 8.91. The van der Waals surface area contributed by atoms with Crippen molar-refractivity contribution in [2.75, 3.05) is 0 Å². The van der Waals surface area contributed by atoms with Gasteiger partial charge in [0.2, 0.25) is 0 Å². The van der Waals surface area contributed by atoms with Gasteiger partial charge in [-0.15, -0.1) is 0 Å². The van der Waals surface area contributed by atoms with E-state index in [9.17, 15) is 0 Å². The van der Waals surface area contributed by atoms with Crippen molar-refractivity contribution >= 4 is 19.6 Å². The molecule has 0 aliphatic heterocycles. The maximum absolute atomic E-state index is 15.4. The first-order valence-corrected chi connectivity index (χ1v) is 18.7. The van der Waals surface area contributed by atoms with E-state index >= 15 is 9.13 Å². The van der Waals surface area contributed by atoms with E-state index in [2.05, 4.69) is 60.8 Å². The van der Waals surface area contributed by atoms with E-state index in [1.165, 1.54) is 0 Å². The Hall–Kier alpha value is -2.86. The zero-order valence-electron chi connectivity index (χ0n) is 23.7. The van der Waals surface area contributed by atoms with Crippen LogP contribution >= 0.6 is 14.3 Å². The van der Waals surface area contributed by atoms with Gasteiger partial charge in [-0.2, -0.15) is 0 Å². The van der Waals surface area contributed by atoms with Gasteiger partial charge in [0.15, 0.2) is 7.14 Å². The first-order chi connectivity index (χ1) is 20.1. The molecular weight excluding hydrogens is 542 g/mol. The van der Waals surface area contributed by atoms with Crippen LogP contribution in [0.5, 0.6) is 0 Å². The van der Waals surface area contributed by atoms with Crippen LogP contribution in [0, 0.1) is 0 Å². The Balaban J connectivity index is 1.44. The van der Waals surface area contributed by atoms with Crippen LogP contribution in [0.25, 0.3) is 0 Å². The minimum atomic E-state index is -3.03. The smallest absolute Gasteiger partial charge is 0.163 e. The van der Waals surface area contributed by atoms with E-state index in [0.717, 1.165) is 90.1 Å². The first-order valence-electron chi connectivity index (χ1n) is 15.2. The van der Waals surface area contributed by atoms with Crippen LogP contribution in [0.4, 0.5) is 0 Å². The highest BCUT2D eigenvalue weighted by molar-refractivity contribution is 7.76. The number of ether oxygens (including phenoxy) is 1. The molecule has 1 aromatic rings. The Morgan fingerprint density at radius 1 is 0.683 bits per heavy atom. The van der Waals surface area contributed by atoms with Crippen molar-refractivity contribution in [1.29, 1.82) is 0 Å². The molecule has 3 nitrogen and oxygen atoms in total. The van der Waals surface area contributed by atoms with Gasteiger partial charge in [-0.1, -0.05) is 103 Å². The molecule has 41 heavy (non-hydrogen) atoms. The molecule has 0 saturated carbocycles. The van der Waals surface area contributed by atoms with Crippen molar-refractivity contribution < 1.29 is 13.9 Å². The molecule has 0 fully saturated rings. The molecule has 0 heterocycles. The van der Waals surface area contributed by atoms with E-state index < -0.39 is 14.3 Å². The van der Waals surface area contributed by atoms with Gasteiger partial charge in [0.05, 0.1) is 0 Å². The normalized spacial score (nSPS) is 25.8. The minimum Gasteiger partial charge on any atom is -0.485 e. The van der Waals surface area contributed by atoms with Gasteiger partial charge in [-0.3, -0.25) is 0 Å². The molecule has 0 spiro atoms. The van der Waals surface area contributed by atoms with Gasteiger partial charge in [0.25, 0.3) is 0 Å². The average molecular weight is 583 g/mol. The fourth-order valence-corrected chi connectivity index (χ4v) is 13.8. The third kappa shape index (κ3) is 5.52. The van der Waals surface area contributed by atoms with Crippen LogP contribution in [-0.2, 0) is 13.9 Å². The summed E-state index contributed by atoms with van der Waals surface area (Å²) >= 11 is 0. The first kappa shape index (κ1) is 28.3. The summed E-state index contributed by atoms with van der Waals surface area (Å²) in [5.74, 6) is 0.728. The lowest BCUT2D eigenvalue weighted by Gasteiger charge is -2.36. The highest BCUT2D eigenvalue weighted by Gasteiger charge is 2.43. The largest absolute Gasteiger partial charge is 0.485 e. The second-order valence-electron chi connectivity index (χ2n) is 11.4. The molecule has 5 aliphatic carbocycles. The fourth-order valence-electron chi connectivity index (χ4n) is 6.80. The highest BCUT2D eigenvalue weighted by Crippen LogP contribution is 2.72. The van der Waals surface area contributed by atoms with Gasteiger partial charge < -0.3 is 13.9 Å². The van der Waals surface area contributed by atoms with E-state index in [4.69, 9.17) is 4.74 Å². The minimum absolute atomic E-state index is 0.0701. The zero-order chi connectivity index (χ0) is 28.1. The van der Waals surface area contributed by atoms with Gasteiger partial charge in [0.1, 0.15) is 19.0 Å². The summed E-state index contributed by atoms with van der Waals surface area (Å²) in [7, 11) is -5.99. The number of rotatable bonds is 8. The van der Waals surface area contributed by atoms with Crippen LogP contribution in [-0.4, -0.2) is 11.8 Å². The number of hydrogen-bond donors (Lipinski definition) is 0. The Labute approximate surface area is 245 Å². The van der Waals surface area contributed by atoms with Crippen molar-refractivity contribution in [2.45, 2.75) is 76.0 Å². The standard InChI is InChI=1S/C36H40O3P2/c37-40(29-17-5-1-6-18-29,30-19-7-2-8-20-30)35-27-15-13-25-33(35)39-34-26-14-16-28-36(34)41(38,31-21-9-3-10-22-31)32-23-11-4-12-24-32/h1-7,9,11,13-14,16-18,21,23,25,28,30,34H,8,10,12,15,19-20,22,24,26-27H2/t30?,34?,40-/m1/s1. The van der Waals surface area contributed by atoms with Crippen LogP contribution in [0.1, 0.15) is 64.2 Å². The molecule has 212 valence electrons. The van der Waals surface area contributed by atoms with Crippen LogP contribution in [0.15, 0.2) is 136 Å². The van der Waals surface area contributed by atoms with Crippen molar-refractivity contribution in [3.05, 3.63) is 136 Å². The van der Waals surface area contributed by atoms with Gasteiger partial charge in [-0.25, -0.2) is 0 Å². The second-order valence-corrected chi connectivity index (χ2v) is 17.4. The Kier molecular flexibility index (Phi) is 8.66. The molecule has 2 unspecified atom stereocenters. The van der Waals surface area contributed by atoms with Crippen LogP contribution in [0.2, 0.25) is 0 Å². The predicted molar refractivity (Wildman–Crippen MR) is 173 cm³/mol. The molecule has 0 N–H and O–H groups in total. The molecule has 0 amide bonds. The summed E-state index contributed by atoms with van der Waals surface area (Å²) < 4.78 is 37.8. The Bertz CT molecular complexity index is 1490. The molecular formula is C36H40O3P2. The van der Waals surface area contributed by atoms with Crippen molar-refractivity contribution in [3.63, 3.8) is 0 Å². The second kappa shape index (κ2) is 12.6. The molecule has 5 aliphatic rings. The molecule has 3 atom stereocenters. The highest BCUT2D eigenvalue weighted by atomic mass is 31.2. The summed E-state index contributed by atoms with van der Waals surface area (Å²) in [5.41, 5.74) is 0.0701. The van der Waals surface area contributed by atoms with Crippen LogP contribution < -0.4 is 5.30 Å². The summed E-state index contributed by atoms with van der Waals surface area (Å²) in [6.45, 7) is 0. The summed E-state index contributed by atoms with van der Waals surface area (Å²) in [4.78, 5) is 0. The lowest BCUT2D eigenvalue weighted by Crippen LogP contribution is -2.24. The van der Waals surface area contributed by atoms with Gasteiger partial charge in [-0.05, 0) is 74.5 Å². The van der Waals surface area contributed by atoms with Crippen LogP contribution in [0.3, 0.4) is 0 Å². The maximum atomic E-state index is 15.4. The quantitative estimate of drug-likeness (QED) is 0.226. The predicted octanol–water partition coefficient (Wildman–Crippen LogP) is 10.4. The SMILES string of the molecule is O=P(C1=CC=CCC1)(C1=CC=CCC1)C1=CC=CCC1OC1=C([P@@](=O)(c2ccccc2)C2CC=CCC2)CCC=C1. The van der Waals surface area contributed by atoms with Crippen molar-refractivity contribution in [2.24, 2.45) is 0 Å². The number of benzene rings is 1. The Morgan fingerprint density at radius 3 is 2.05 bits per heavy atom. The van der Waals surface area contributed by atoms with Crippen molar-refractivity contribution in [1.82, 2.24) is 0 Å². The summed E-state index contributed by atoms with van der Waals surface area (Å²) in [6.07, 6.45) is 35.3. The number of allylic oxidation sites excluding steroid dienone is 15. The summed E-state index contributed by atoms with van der Waals surface area (Å²) in [5, 5.41) is 4.80. The molecule has 6 rings (SSSR count). The van der Waals surface area contributed by atoms with Gasteiger partial charge >= 0.3 is 0 Å². The molecule has 0 aromatic heterocycles. The molecule has 1 aromatic carbocycles. The zero-order valence-corrected chi connectivity index (χ0v) is 25.5. The van der Waals surface area contributed by atoms with E-state index in [0.29, 0.717) is 6.42 Å². The molecule has 0 radical (unpaired) electrons. The van der Waals surface area contributed by atoms with Crippen molar-refractivity contribution in [3.8, 4) is 0 Å². The van der Waals surface area contributed by atoms with E-state index in [-0.39, 0.29) is 11.8 Å². The summed E-state index contributed by atoms with van der Waals surface area (Å²) in [6, 6.07) is 10.1. The van der Waals surface area contributed by atoms with Gasteiger partial charge in [0, 0.05) is 28.0 Å². The fraction of sp³-hybridized carbons (Fsp3) is 0.333.